The second-order valence-corrected chi connectivity index (χ2v) is 7.39. The van der Waals surface area contributed by atoms with Gasteiger partial charge in [-0.05, 0) is 24.5 Å². The summed E-state index contributed by atoms with van der Waals surface area (Å²) >= 11 is 12.7. The molecule has 0 unspecified atom stereocenters. The first kappa shape index (κ1) is 23.1. The van der Waals surface area contributed by atoms with Crippen LogP contribution in [0.1, 0.15) is 50.7 Å². The molecule has 0 amide bonds. The van der Waals surface area contributed by atoms with Crippen LogP contribution in [-0.4, -0.2) is 17.7 Å². The summed E-state index contributed by atoms with van der Waals surface area (Å²) in [6.45, 7) is 4.60. The molecule has 1 N–H and O–H groups in total. The van der Waals surface area contributed by atoms with E-state index < -0.39 is 5.97 Å². The van der Waals surface area contributed by atoms with Crippen molar-refractivity contribution >= 4 is 34.7 Å². The molecule has 2 rings (SSSR count). The van der Waals surface area contributed by atoms with E-state index in [1.54, 1.807) is 37.3 Å². The first-order valence-electron chi connectivity index (χ1n) is 9.70. The molecule has 0 fully saturated rings. The van der Waals surface area contributed by atoms with Crippen molar-refractivity contribution in [3.63, 3.8) is 0 Å². The molecule has 2 aromatic carbocycles. The van der Waals surface area contributed by atoms with Crippen molar-refractivity contribution < 1.29 is 19.4 Å². The number of unbranched alkanes of at least 4 members (excludes halogenated alkanes) is 3. The quantitative estimate of drug-likeness (QED) is 0.303. The molecule has 0 spiro atoms. The van der Waals surface area contributed by atoms with Gasteiger partial charge in [-0.3, -0.25) is 0 Å². The molecule has 0 aliphatic heterocycles. The van der Waals surface area contributed by atoms with E-state index in [0.717, 1.165) is 18.4 Å². The normalized spacial score (nSPS) is 11.4. The van der Waals surface area contributed by atoms with Crippen LogP contribution in [0.5, 0.6) is 11.5 Å². The summed E-state index contributed by atoms with van der Waals surface area (Å²) in [6, 6.07) is 10.5. The zero-order valence-corrected chi connectivity index (χ0v) is 18.2. The molecule has 0 radical (unpaired) electrons. The SMILES string of the molecule is C/C=C(/C(=O)O)c1ccccc1COc1cc(Cl)c(OCCCCCC)c(Cl)c1. The Hall–Kier alpha value is -2.17. The van der Waals surface area contributed by atoms with Crippen LogP contribution in [0.2, 0.25) is 10.0 Å². The van der Waals surface area contributed by atoms with Crippen molar-refractivity contribution in [3.05, 3.63) is 63.6 Å². The summed E-state index contributed by atoms with van der Waals surface area (Å²) in [4.78, 5) is 11.5. The zero-order valence-electron chi connectivity index (χ0n) is 16.7. The standard InChI is InChI=1S/C23H26Cl2O4/c1-3-5-6-9-12-28-22-20(24)13-17(14-21(22)25)29-15-16-10-7-8-11-19(16)18(4-2)23(26)27/h4,7-8,10-11,13-14H,3,5-6,9,12,15H2,1-2H3,(H,26,27)/b18-4+. The highest BCUT2D eigenvalue weighted by molar-refractivity contribution is 6.37. The molecule has 4 nitrogen and oxygen atoms in total. The fourth-order valence-electron chi connectivity index (χ4n) is 2.93. The van der Waals surface area contributed by atoms with Gasteiger partial charge in [0.05, 0.1) is 22.2 Å². The lowest BCUT2D eigenvalue weighted by Gasteiger charge is -2.14. The Morgan fingerprint density at radius 2 is 1.76 bits per heavy atom. The molecule has 2 aromatic rings. The van der Waals surface area contributed by atoms with Crippen molar-refractivity contribution in [1.82, 2.24) is 0 Å². The average Bonchev–Trinajstić information content (AvgIpc) is 2.69. The zero-order chi connectivity index (χ0) is 21.2. The minimum Gasteiger partial charge on any atom is -0.490 e. The van der Waals surface area contributed by atoms with E-state index in [1.165, 1.54) is 12.8 Å². The first-order chi connectivity index (χ1) is 14.0. The van der Waals surface area contributed by atoms with Crippen molar-refractivity contribution in [1.29, 1.82) is 0 Å². The van der Waals surface area contributed by atoms with Crippen LogP contribution < -0.4 is 9.47 Å². The van der Waals surface area contributed by atoms with E-state index in [-0.39, 0.29) is 12.2 Å². The Bertz CT molecular complexity index is 839. The Morgan fingerprint density at radius 1 is 1.07 bits per heavy atom. The number of hydrogen-bond acceptors (Lipinski definition) is 3. The molecule has 0 heterocycles. The number of carbonyl (C=O) groups is 1. The van der Waals surface area contributed by atoms with Crippen molar-refractivity contribution in [2.24, 2.45) is 0 Å². The smallest absolute Gasteiger partial charge is 0.335 e. The van der Waals surface area contributed by atoms with E-state index in [9.17, 15) is 9.90 Å². The van der Waals surface area contributed by atoms with Crippen molar-refractivity contribution in [3.8, 4) is 11.5 Å². The Labute approximate surface area is 182 Å². The number of ether oxygens (including phenoxy) is 2. The number of aliphatic carboxylic acids is 1. The Balaban J connectivity index is 2.08. The molecule has 0 aliphatic carbocycles. The van der Waals surface area contributed by atoms with Crippen molar-refractivity contribution in [2.75, 3.05) is 6.61 Å². The summed E-state index contributed by atoms with van der Waals surface area (Å²) in [6.07, 6.45) is 5.97. The van der Waals surface area contributed by atoms with E-state index in [4.69, 9.17) is 32.7 Å². The fourth-order valence-corrected chi connectivity index (χ4v) is 3.50. The monoisotopic (exact) mass is 436 g/mol. The van der Waals surface area contributed by atoms with E-state index in [2.05, 4.69) is 6.92 Å². The Morgan fingerprint density at radius 3 is 2.38 bits per heavy atom. The largest absolute Gasteiger partial charge is 0.490 e. The second-order valence-electron chi connectivity index (χ2n) is 6.58. The maximum absolute atomic E-state index is 11.5. The van der Waals surface area contributed by atoms with E-state index in [0.29, 0.717) is 33.7 Å². The van der Waals surface area contributed by atoms with Gasteiger partial charge in [-0.15, -0.1) is 0 Å². The molecular formula is C23H26Cl2O4. The summed E-state index contributed by atoms with van der Waals surface area (Å²) in [7, 11) is 0. The summed E-state index contributed by atoms with van der Waals surface area (Å²) in [5.74, 6) is -0.0309. The first-order valence-corrected chi connectivity index (χ1v) is 10.5. The number of allylic oxidation sites excluding steroid dienone is 1. The van der Waals surface area contributed by atoms with Gasteiger partial charge in [0.15, 0.2) is 5.75 Å². The van der Waals surface area contributed by atoms with Crippen LogP contribution in [-0.2, 0) is 11.4 Å². The van der Waals surface area contributed by atoms with Gasteiger partial charge in [0.1, 0.15) is 12.4 Å². The molecule has 0 bridgehead atoms. The van der Waals surface area contributed by atoms with Crippen LogP contribution in [0.25, 0.3) is 5.57 Å². The molecule has 0 saturated carbocycles. The number of carboxylic acid groups (broad SMARTS) is 1. The topological polar surface area (TPSA) is 55.8 Å². The summed E-state index contributed by atoms with van der Waals surface area (Å²) < 4.78 is 11.6. The lowest BCUT2D eigenvalue weighted by atomic mass is 10.00. The fraction of sp³-hybridized carbons (Fsp3) is 0.348. The lowest BCUT2D eigenvalue weighted by molar-refractivity contribution is -0.130. The maximum Gasteiger partial charge on any atom is 0.335 e. The van der Waals surface area contributed by atoms with Gasteiger partial charge >= 0.3 is 5.97 Å². The molecular weight excluding hydrogens is 411 g/mol. The highest BCUT2D eigenvalue weighted by Crippen LogP contribution is 2.37. The molecule has 0 aliphatic rings. The summed E-state index contributed by atoms with van der Waals surface area (Å²) in [5.41, 5.74) is 1.60. The highest BCUT2D eigenvalue weighted by Gasteiger charge is 2.15. The van der Waals surface area contributed by atoms with Crippen LogP contribution in [0.4, 0.5) is 0 Å². The minimum atomic E-state index is -0.980. The van der Waals surface area contributed by atoms with Crippen LogP contribution in [0.3, 0.4) is 0 Å². The van der Waals surface area contributed by atoms with E-state index >= 15 is 0 Å². The number of benzene rings is 2. The van der Waals surface area contributed by atoms with Gasteiger partial charge in [-0.25, -0.2) is 4.79 Å². The predicted octanol–water partition coefficient (Wildman–Crippen LogP) is 7.02. The maximum atomic E-state index is 11.5. The molecule has 0 atom stereocenters. The van der Waals surface area contributed by atoms with Crippen molar-refractivity contribution in [2.45, 2.75) is 46.1 Å². The Kier molecular flexibility index (Phi) is 9.36. The van der Waals surface area contributed by atoms with Crippen LogP contribution in [0, 0.1) is 0 Å². The predicted molar refractivity (Wildman–Crippen MR) is 118 cm³/mol. The van der Waals surface area contributed by atoms with Gasteiger partial charge in [0.2, 0.25) is 0 Å². The molecule has 0 aromatic heterocycles. The third-order valence-corrected chi connectivity index (χ3v) is 5.00. The lowest BCUT2D eigenvalue weighted by Crippen LogP contribution is -2.05. The van der Waals surface area contributed by atoms with Crippen LogP contribution >= 0.6 is 23.2 Å². The van der Waals surface area contributed by atoms with Crippen LogP contribution in [0.15, 0.2) is 42.5 Å². The van der Waals surface area contributed by atoms with Gasteiger partial charge in [0, 0.05) is 12.1 Å². The number of halogens is 2. The molecule has 0 saturated heterocycles. The average molecular weight is 437 g/mol. The third-order valence-electron chi connectivity index (χ3n) is 4.44. The van der Waals surface area contributed by atoms with Gasteiger partial charge in [0.25, 0.3) is 0 Å². The van der Waals surface area contributed by atoms with Gasteiger partial charge < -0.3 is 14.6 Å². The minimum absolute atomic E-state index is 0.185. The summed E-state index contributed by atoms with van der Waals surface area (Å²) in [5, 5.41) is 10.2. The molecule has 29 heavy (non-hydrogen) atoms. The second kappa shape index (κ2) is 11.7. The molecule has 156 valence electrons. The number of rotatable bonds is 11. The number of carboxylic acids is 1. The third kappa shape index (κ3) is 6.69. The van der Waals surface area contributed by atoms with Gasteiger partial charge in [-0.1, -0.05) is 79.7 Å². The molecule has 6 heteroatoms. The number of hydrogen-bond donors (Lipinski definition) is 1. The van der Waals surface area contributed by atoms with E-state index in [1.807, 2.05) is 12.1 Å². The highest BCUT2D eigenvalue weighted by atomic mass is 35.5. The van der Waals surface area contributed by atoms with Gasteiger partial charge in [-0.2, -0.15) is 0 Å².